The van der Waals surface area contributed by atoms with E-state index in [1.165, 1.54) is 4.90 Å². The average Bonchev–Trinajstić information content (AvgIpc) is 3.09. The molecule has 6 heteroatoms. The Kier molecular flexibility index (Phi) is 3.07. The number of fused-ring (bicyclic) bond motifs is 1. The maximum absolute atomic E-state index is 12.6. The number of hydrogen-bond donors (Lipinski definition) is 1. The Morgan fingerprint density at radius 1 is 1.23 bits per heavy atom. The summed E-state index contributed by atoms with van der Waals surface area (Å²) in [6, 6.07) is 11.3. The largest absolute Gasteiger partial charge is 0.325 e. The standard InChI is InChI=1S/C16H15N3O2S/c20-14-16(7-8-22-10-16)18-15(21)19(14)9-12-6-5-11-3-1-2-4-13(11)17-12/h1-6H,7-10H2,(H,18,21)/t16-/m1/s1. The number of benzene rings is 1. The summed E-state index contributed by atoms with van der Waals surface area (Å²) in [6.45, 7) is 0.224. The Morgan fingerprint density at radius 2 is 2.09 bits per heavy atom. The summed E-state index contributed by atoms with van der Waals surface area (Å²) in [5.41, 5.74) is 0.918. The molecule has 0 unspecified atom stereocenters. The number of pyridine rings is 1. The number of imide groups is 1. The van der Waals surface area contributed by atoms with Crippen LogP contribution in [0.4, 0.5) is 4.79 Å². The van der Waals surface area contributed by atoms with Gasteiger partial charge in [-0.05, 0) is 24.3 Å². The van der Waals surface area contributed by atoms with E-state index in [0.29, 0.717) is 12.2 Å². The molecule has 2 saturated heterocycles. The lowest BCUT2D eigenvalue weighted by molar-refractivity contribution is -0.130. The highest BCUT2D eigenvalue weighted by atomic mass is 32.2. The number of thioether (sulfide) groups is 1. The van der Waals surface area contributed by atoms with Gasteiger partial charge in [-0.15, -0.1) is 0 Å². The molecule has 2 fully saturated rings. The molecule has 0 bridgehead atoms. The van der Waals surface area contributed by atoms with Crippen LogP contribution in [-0.2, 0) is 11.3 Å². The van der Waals surface area contributed by atoms with Gasteiger partial charge in [0.05, 0.1) is 17.8 Å². The zero-order chi connectivity index (χ0) is 15.2. The lowest BCUT2D eigenvalue weighted by Crippen LogP contribution is -2.46. The van der Waals surface area contributed by atoms with Gasteiger partial charge in [-0.3, -0.25) is 14.7 Å². The second-order valence-electron chi connectivity index (χ2n) is 5.70. The van der Waals surface area contributed by atoms with Crippen molar-refractivity contribution in [2.24, 2.45) is 0 Å². The van der Waals surface area contributed by atoms with Crippen LogP contribution in [0, 0.1) is 0 Å². The summed E-state index contributed by atoms with van der Waals surface area (Å²) in [5, 5.41) is 3.92. The van der Waals surface area contributed by atoms with E-state index < -0.39 is 5.54 Å². The lowest BCUT2D eigenvalue weighted by Gasteiger charge is -2.19. The molecule has 2 aliphatic heterocycles. The van der Waals surface area contributed by atoms with Crippen LogP contribution in [0.25, 0.3) is 10.9 Å². The minimum absolute atomic E-state index is 0.113. The van der Waals surface area contributed by atoms with Crippen molar-refractivity contribution >= 4 is 34.6 Å². The molecule has 1 atom stereocenters. The Labute approximate surface area is 132 Å². The second-order valence-corrected chi connectivity index (χ2v) is 6.81. The van der Waals surface area contributed by atoms with E-state index in [9.17, 15) is 9.59 Å². The molecule has 1 spiro atoms. The number of hydrogen-bond acceptors (Lipinski definition) is 4. The highest BCUT2D eigenvalue weighted by molar-refractivity contribution is 7.99. The molecule has 1 aromatic carbocycles. The lowest BCUT2D eigenvalue weighted by atomic mass is 9.99. The monoisotopic (exact) mass is 313 g/mol. The summed E-state index contributed by atoms with van der Waals surface area (Å²) >= 11 is 1.71. The fraction of sp³-hybridized carbons (Fsp3) is 0.312. The molecule has 5 nitrogen and oxygen atoms in total. The van der Waals surface area contributed by atoms with E-state index in [1.54, 1.807) is 11.8 Å². The normalized spacial score (nSPS) is 24.5. The van der Waals surface area contributed by atoms with Gasteiger partial charge in [0, 0.05) is 11.1 Å². The minimum Gasteiger partial charge on any atom is -0.322 e. The molecule has 2 aromatic rings. The predicted molar refractivity (Wildman–Crippen MR) is 85.5 cm³/mol. The summed E-state index contributed by atoms with van der Waals surface area (Å²) in [4.78, 5) is 30.6. The van der Waals surface area contributed by atoms with Crippen molar-refractivity contribution in [2.45, 2.75) is 18.5 Å². The summed E-state index contributed by atoms with van der Waals surface area (Å²) in [6.07, 6.45) is 0.712. The van der Waals surface area contributed by atoms with Crippen molar-refractivity contribution in [2.75, 3.05) is 11.5 Å². The van der Waals surface area contributed by atoms with Gasteiger partial charge in [-0.2, -0.15) is 11.8 Å². The third kappa shape index (κ3) is 2.06. The van der Waals surface area contributed by atoms with Gasteiger partial charge in [-0.1, -0.05) is 24.3 Å². The first-order valence-electron chi connectivity index (χ1n) is 7.24. The highest BCUT2D eigenvalue weighted by Gasteiger charge is 2.52. The Balaban J connectivity index is 1.62. The third-order valence-electron chi connectivity index (χ3n) is 4.24. The van der Waals surface area contributed by atoms with E-state index in [2.05, 4.69) is 10.3 Å². The van der Waals surface area contributed by atoms with Gasteiger partial charge in [0.15, 0.2) is 0 Å². The fourth-order valence-corrected chi connectivity index (χ4v) is 4.34. The summed E-state index contributed by atoms with van der Waals surface area (Å²) < 4.78 is 0. The molecule has 0 aliphatic carbocycles. The molecule has 3 amide bonds. The molecule has 112 valence electrons. The van der Waals surface area contributed by atoms with Gasteiger partial charge in [0.2, 0.25) is 0 Å². The third-order valence-corrected chi connectivity index (χ3v) is 5.43. The van der Waals surface area contributed by atoms with Crippen molar-refractivity contribution < 1.29 is 9.59 Å². The van der Waals surface area contributed by atoms with Crippen molar-refractivity contribution in [1.82, 2.24) is 15.2 Å². The highest BCUT2D eigenvalue weighted by Crippen LogP contribution is 2.33. The second kappa shape index (κ2) is 4.98. The fourth-order valence-electron chi connectivity index (χ4n) is 3.01. The van der Waals surface area contributed by atoms with Crippen molar-refractivity contribution in [1.29, 1.82) is 0 Å². The Hall–Kier alpha value is -2.08. The molecule has 0 saturated carbocycles. The molecule has 0 radical (unpaired) electrons. The smallest absolute Gasteiger partial charge is 0.322 e. The predicted octanol–water partition coefficient (Wildman–Crippen LogP) is 2.16. The van der Waals surface area contributed by atoms with E-state index in [0.717, 1.165) is 22.3 Å². The van der Waals surface area contributed by atoms with Crippen molar-refractivity contribution in [3.63, 3.8) is 0 Å². The van der Waals surface area contributed by atoms with E-state index in [1.807, 2.05) is 36.4 Å². The topological polar surface area (TPSA) is 62.3 Å². The number of nitrogens with one attached hydrogen (secondary N) is 1. The van der Waals surface area contributed by atoms with Gasteiger partial charge in [0.25, 0.3) is 5.91 Å². The number of para-hydroxylation sites is 1. The van der Waals surface area contributed by atoms with Crippen LogP contribution >= 0.6 is 11.8 Å². The first kappa shape index (κ1) is 13.6. The van der Waals surface area contributed by atoms with Gasteiger partial charge in [0.1, 0.15) is 5.54 Å². The van der Waals surface area contributed by atoms with Crippen LogP contribution in [0.15, 0.2) is 36.4 Å². The van der Waals surface area contributed by atoms with Crippen molar-refractivity contribution in [3.05, 3.63) is 42.1 Å². The first-order chi connectivity index (χ1) is 10.7. The summed E-state index contributed by atoms with van der Waals surface area (Å²) in [7, 11) is 0. The van der Waals surface area contributed by atoms with E-state index in [4.69, 9.17) is 0 Å². The molecule has 1 aromatic heterocycles. The molecule has 1 N–H and O–H groups in total. The number of aromatic nitrogens is 1. The summed E-state index contributed by atoms with van der Waals surface area (Å²) in [5.74, 6) is 1.46. The molecular formula is C16H15N3O2S. The van der Waals surface area contributed by atoms with Crippen LogP contribution < -0.4 is 5.32 Å². The van der Waals surface area contributed by atoms with Gasteiger partial charge in [-0.25, -0.2) is 4.79 Å². The number of carbonyl (C=O) groups is 2. The van der Waals surface area contributed by atoms with E-state index >= 15 is 0 Å². The van der Waals surface area contributed by atoms with Crippen LogP contribution in [-0.4, -0.2) is 38.9 Å². The molecule has 22 heavy (non-hydrogen) atoms. The Morgan fingerprint density at radius 3 is 2.91 bits per heavy atom. The maximum atomic E-state index is 12.6. The SMILES string of the molecule is O=C1N[C@@]2(CCSC2)C(=O)N1Cc1ccc2ccccc2n1. The quantitative estimate of drug-likeness (QED) is 0.863. The zero-order valence-corrected chi connectivity index (χ0v) is 12.7. The number of urea groups is 1. The molecular weight excluding hydrogens is 298 g/mol. The number of rotatable bonds is 2. The Bertz CT molecular complexity index is 771. The van der Waals surface area contributed by atoms with Gasteiger partial charge >= 0.3 is 6.03 Å². The molecule has 3 heterocycles. The molecule has 2 aliphatic rings. The van der Waals surface area contributed by atoms with Crippen LogP contribution in [0.2, 0.25) is 0 Å². The zero-order valence-electron chi connectivity index (χ0n) is 11.9. The first-order valence-corrected chi connectivity index (χ1v) is 8.40. The minimum atomic E-state index is -0.682. The van der Waals surface area contributed by atoms with Gasteiger partial charge < -0.3 is 5.32 Å². The van der Waals surface area contributed by atoms with Crippen LogP contribution in [0.1, 0.15) is 12.1 Å². The van der Waals surface area contributed by atoms with Crippen LogP contribution in [0.3, 0.4) is 0 Å². The average molecular weight is 313 g/mol. The van der Waals surface area contributed by atoms with E-state index in [-0.39, 0.29) is 18.5 Å². The number of nitrogens with zero attached hydrogens (tertiary/aromatic N) is 2. The maximum Gasteiger partial charge on any atom is 0.325 e. The van der Waals surface area contributed by atoms with Crippen molar-refractivity contribution in [3.8, 4) is 0 Å². The molecule has 4 rings (SSSR count). The number of carbonyl (C=O) groups excluding carboxylic acids is 2. The van der Waals surface area contributed by atoms with Crippen LogP contribution in [0.5, 0.6) is 0 Å². The number of amides is 3.